The molecule has 0 fully saturated rings. The number of alkyl halides is 3. The van der Waals surface area contributed by atoms with Gasteiger partial charge < -0.3 is 14.9 Å². The molecule has 1 aromatic heterocycles. The van der Waals surface area contributed by atoms with E-state index in [0.29, 0.717) is 17.1 Å². The number of ether oxygens (including phenoxy) is 1. The number of hydrogen-bond donors (Lipinski definition) is 1. The van der Waals surface area contributed by atoms with Gasteiger partial charge in [-0.2, -0.15) is 13.2 Å². The lowest BCUT2D eigenvalue weighted by molar-refractivity contribution is -0.138. The third-order valence-electron chi connectivity index (χ3n) is 2.93. The minimum Gasteiger partial charge on any atom is -0.462 e. The second-order valence-corrected chi connectivity index (χ2v) is 5.31. The Hall–Kier alpha value is -1.31. The summed E-state index contributed by atoms with van der Waals surface area (Å²) in [6.07, 6.45) is -4.45. The van der Waals surface area contributed by atoms with Crippen LogP contribution in [0.15, 0.2) is 39.2 Å². The number of nitrogens with two attached hydrogens (primary N) is 1. The standard InChI is InChI=1S/C14H13BrF3NO2/c1-20-7-9-3-5-12(21-9)13(19)8-2-4-11(15)10(6-8)14(16,17)18/h2-6,13H,7,19H2,1H3. The number of hydrogen-bond acceptors (Lipinski definition) is 3. The van der Waals surface area contributed by atoms with Crippen LogP contribution in [-0.4, -0.2) is 7.11 Å². The van der Waals surface area contributed by atoms with Crippen molar-refractivity contribution in [3.63, 3.8) is 0 Å². The van der Waals surface area contributed by atoms with E-state index in [4.69, 9.17) is 14.9 Å². The first-order valence-electron chi connectivity index (χ1n) is 6.02. The fourth-order valence-corrected chi connectivity index (χ4v) is 2.37. The summed E-state index contributed by atoms with van der Waals surface area (Å²) in [4.78, 5) is 0. The minimum atomic E-state index is -4.45. The van der Waals surface area contributed by atoms with Gasteiger partial charge in [0, 0.05) is 11.6 Å². The quantitative estimate of drug-likeness (QED) is 0.882. The van der Waals surface area contributed by atoms with Crippen LogP contribution in [0, 0.1) is 0 Å². The van der Waals surface area contributed by atoms with Gasteiger partial charge in [0.05, 0.1) is 11.6 Å². The van der Waals surface area contributed by atoms with E-state index in [1.54, 1.807) is 12.1 Å². The Morgan fingerprint density at radius 2 is 2.00 bits per heavy atom. The zero-order valence-electron chi connectivity index (χ0n) is 11.1. The van der Waals surface area contributed by atoms with Crippen LogP contribution in [0.3, 0.4) is 0 Å². The summed E-state index contributed by atoms with van der Waals surface area (Å²) in [5.41, 5.74) is 5.53. The molecule has 2 aromatic rings. The van der Waals surface area contributed by atoms with Crippen LogP contribution in [0.4, 0.5) is 13.2 Å². The molecule has 1 heterocycles. The first kappa shape index (κ1) is 16.1. The van der Waals surface area contributed by atoms with Gasteiger partial charge in [0.15, 0.2) is 0 Å². The highest BCUT2D eigenvalue weighted by Gasteiger charge is 2.33. The molecule has 2 N–H and O–H groups in total. The van der Waals surface area contributed by atoms with Crippen LogP contribution in [0.5, 0.6) is 0 Å². The van der Waals surface area contributed by atoms with Gasteiger partial charge in [0.2, 0.25) is 0 Å². The fourth-order valence-electron chi connectivity index (χ4n) is 1.90. The fraction of sp³-hybridized carbons (Fsp3) is 0.286. The molecule has 7 heteroatoms. The van der Waals surface area contributed by atoms with Gasteiger partial charge in [-0.15, -0.1) is 0 Å². The van der Waals surface area contributed by atoms with Gasteiger partial charge in [0.25, 0.3) is 0 Å². The van der Waals surface area contributed by atoms with Crippen molar-refractivity contribution in [3.05, 3.63) is 57.5 Å². The van der Waals surface area contributed by atoms with E-state index in [-0.39, 0.29) is 11.1 Å². The minimum absolute atomic E-state index is 0.0227. The smallest absolute Gasteiger partial charge is 0.417 e. The molecule has 0 spiro atoms. The summed E-state index contributed by atoms with van der Waals surface area (Å²) in [7, 11) is 1.52. The van der Waals surface area contributed by atoms with Gasteiger partial charge in [-0.3, -0.25) is 0 Å². The molecular formula is C14H13BrF3NO2. The molecule has 0 amide bonds. The van der Waals surface area contributed by atoms with Gasteiger partial charge in [0.1, 0.15) is 18.1 Å². The number of methoxy groups -OCH3 is 1. The van der Waals surface area contributed by atoms with Gasteiger partial charge in [-0.1, -0.05) is 22.0 Å². The second-order valence-electron chi connectivity index (χ2n) is 4.45. The van der Waals surface area contributed by atoms with Crippen molar-refractivity contribution < 1.29 is 22.3 Å². The molecular weight excluding hydrogens is 351 g/mol. The summed E-state index contributed by atoms with van der Waals surface area (Å²) in [6, 6.07) is 6.42. The molecule has 0 aliphatic rings. The first-order valence-corrected chi connectivity index (χ1v) is 6.82. The highest BCUT2D eigenvalue weighted by molar-refractivity contribution is 9.10. The third-order valence-corrected chi connectivity index (χ3v) is 3.62. The van der Waals surface area contributed by atoms with Crippen molar-refractivity contribution in [1.82, 2.24) is 0 Å². The van der Waals surface area contributed by atoms with Crippen LogP contribution < -0.4 is 5.73 Å². The second kappa shape index (κ2) is 6.21. The zero-order valence-corrected chi connectivity index (χ0v) is 12.7. The molecule has 0 radical (unpaired) electrons. The number of rotatable bonds is 4. The maximum Gasteiger partial charge on any atom is 0.417 e. The number of furan rings is 1. The first-order chi connectivity index (χ1) is 9.82. The number of benzene rings is 1. The van der Waals surface area contributed by atoms with Crippen LogP contribution in [0.25, 0.3) is 0 Å². The maximum atomic E-state index is 12.9. The highest BCUT2D eigenvalue weighted by Crippen LogP contribution is 2.36. The predicted octanol–water partition coefficient (Wildman–Crippen LogP) is 4.26. The van der Waals surface area contributed by atoms with Crippen LogP contribution in [-0.2, 0) is 17.5 Å². The van der Waals surface area contributed by atoms with Gasteiger partial charge in [-0.05, 0) is 29.8 Å². The van der Waals surface area contributed by atoms with Gasteiger partial charge >= 0.3 is 6.18 Å². The Kier molecular flexibility index (Phi) is 4.75. The Morgan fingerprint density at radius 1 is 1.29 bits per heavy atom. The van der Waals surface area contributed by atoms with Crippen molar-refractivity contribution in [2.45, 2.75) is 18.8 Å². The van der Waals surface area contributed by atoms with Crippen molar-refractivity contribution in [3.8, 4) is 0 Å². The van der Waals surface area contributed by atoms with E-state index >= 15 is 0 Å². The van der Waals surface area contributed by atoms with E-state index in [1.165, 1.54) is 19.2 Å². The average Bonchev–Trinajstić information content (AvgIpc) is 2.86. The van der Waals surface area contributed by atoms with Crippen molar-refractivity contribution >= 4 is 15.9 Å². The number of halogens is 4. The molecule has 1 atom stereocenters. The summed E-state index contributed by atoms with van der Waals surface area (Å²) < 4.78 is 49.0. The molecule has 0 saturated carbocycles. The maximum absolute atomic E-state index is 12.9. The predicted molar refractivity (Wildman–Crippen MR) is 74.6 cm³/mol. The van der Waals surface area contributed by atoms with E-state index in [9.17, 15) is 13.2 Å². The largest absolute Gasteiger partial charge is 0.462 e. The summed E-state index contributed by atoms with van der Waals surface area (Å²) in [5, 5.41) is 0. The molecule has 114 valence electrons. The van der Waals surface area contributed by atoms with Crippen LogP contribution in [0.1, 0.15) is 28.7 Å². The van der Waals surface area contributed by atoms with E-state index in [1.807, 2.05) is 0 Å². The van der Waals surface area contributed by atoms with Crippen molar-refractivity contribution in [2.75, 3.05) is 7.11 Å². The monoisotopic (exact) mass is 363 g/mol. The van der Waals surface area contributed by atoms with Crippen LogP contribution in [0.2, 0.25) is 0 Å². The molecule has 0 aliphatic heterocycles. The highest BCUT2D eigenvalue weighted by atomic mass is 79.9. The Labute approximate surface area is 128 Å². The Bertz CT molecular complexity index is 625. The van der Waals surface area contributed by atoms with Gasteiger partial charge in [-0.25, -0.2) is 0 Å². The lowest BCUT2D eigenvalue weighted by Crippen LogP contribution is -2.13. The van der Waals surface area contributed by atoms with Crippen LogP contribution >= 0.6 is 15.9 Å². The molecule has 21 heavy (non-hydrogen) atoms. The van der Waals surface area contributed by atoms with Crippen molar-refractivity contribution in [1.29, 1.82) is 0 Å². The molecule has 3 nitrogen and oxygen atoms in total. The molecule has 0 saturated heterocycles. The average molecular weight is 364 g/mol. The van der Waals surface area contributed by atoms with Crippen molar-refractivity contribution in [2.24, 2.45) is 5.73 Å². The SMILES string of the molecule is COCc1ccc(C(N)c2ccc(Br)c(C(F)(F)F)c2)o1. The van der Waals surface area contributed by atoms with E-state index in [2.05, 4.69) is 15.9 Å². The topological polar surface area (TPSA) is 48.4 Å². The lowest BCUT2D eigenvalue weighted by Gasteiger charge is -2.14. The summed E-state index contributed by atoms with van der Waals surface area (Å²) in [5.74, 6) is 0.952. The molecule has 1 aromatic carbocycles. The molecule has 1 unspecified atom stereocenters. The zero-order chi connectivity index (χ0) is 15.6. The summed E-state index contributed by atoms with van der Waals surface area (Å²) >= 11 is 2.90. The third kappa shape index (κ3) is 3.66. The lowest BCUT2D eigenvalue weighted by atomic mass is 10.0. The molecule has 2 rings (SSSR count). The summed E-state index contributed by atoms with van der Waals surface area (Å²) in [6.45, 7) is 0.279. The van der Waals surface area contributed by atoms with E-state index < -0.39 is 17.8 Å². The van der Waals surface area contributed by atoms with E-state index in [0.717, 1.165) is 6.07 Å². The Morgan fingerprint density at radius 3 is 2.62 bits per heavy atom. The molecule has 0 aliphatic carbocycles. The normalized spacial score (nSPS) is 13.4. The Balaban J connectivity index is 2.32. The molecule has 0 bridgehead atoms.